The van der Waals surface area contributed by atoms with Crippen LogP contribution in [0.15, 0.2) is 21.8 Å². The van der Waals surface area contributed by atoms with E-state index in [1.807, 2.05) is 17.8 Å². The highest BCUT2D eigenvalue weighted by molar-refractivity contribution is 8.14. The highest BCUT2D eigenvalue weighted by atomic mass is 32.2. The third-order valence-corrected chi connectivity index (χ3v) is 4.50. The second kappa shape index (κ2) is 6.10. The zero-order valence-corrected chi connectivity index (χ0v) is 11.2. The Morgan fingerprint density at radius 1 is 1.53 bits per heavy atom. The van der Waals surface area contributed by atoms with Gasteiger partial charge in [0, 0.05) is 11.3 Å². The number of nitrogens with one attached hydrogen (secondary N) is 1. The number of hydrogen-bond donors (Lipinski definition) is 1. The molecule has 1 aliphatic rings. The lowest BCUT2D eigenvalue weighted by molar-refractivity contribution is 0.411. The van der Waals surface area contributed by atoms with Crippen molar-refractivity contribution in [3.8, 4) is 0 Å². The molecule has 2 rings (SSSR count). The smallest absolute Gasteiger partial charge is 0.157 e. The van der Waals surface area contributed by atoms with E-state index in [9.17, 15) is 0 Å². The van der Waals surface area contributed by atoms with Crippen molar-refractivity contribution in [1.82, 2.24) is 10.5 Å². The molecule has 5 heteroatoms. The van der Waals surface area contributed by atoms with E-state index in [0.717, 1.165) is 23.3 Å². The van der Waals surface area contributed by atoms with Crippen LogP contribution in [-0.4, -0.2) is 22.1 Å². The fourth-order valence-corrected chi connectivity index (χ4v) is 3.36. The molecule has 94 valence electrons. The molecule has 0 saturated carbocycles. The third-order valence-electron chi connectivity index (χ3n) is 3.16. The molecule has 0 fully saturated rings. The van der Waals surface area contributed by atoms with Gasteiger partial charge in [0.15, 0.2) is 5.17 Å². The molecular weight excluding hydrogens is 234 g/mol. The van der Waals surface area contributed by atoms with Crippen molar-refractivity contribution in [2.45, 2.75) is 38.5 Å². The molecule has 2 heterocycles. The topological polar surface area (TPSA) is 50.4 Å². The van der Waals surface area contributed by atoms with Crippen molar-refractivity contribution in [1.29, 1.82) is 0 Å². The Balaban J connectivity index is 1.77. The first-order chi connectivity index (χ1) is 8.33. The van der Waals surface area contributed by atoms with Crippen LogP contribution >= 0.6 is 11.8 Å². The molecule has 0 radical (unpaired) electrons. The van der Waals surface area contributed by atoms with Gasteiger partial charge in [-0.1, -0.05) is 43.6 Å². The first kappa shape index (κ1) is 12.5. The molecule has 0 aliphatic carbocycles. The van der Waals surface area contributed by atoms with Crippen molar-refractivity contribution < 1.29 is 4.52 Å². The van der Waals surface area contributed by atoms with E-state index in [4.69, 9.17) is 4.52 Å². The van der Waals surface area contributed by atoms with Gasteiger partial charge >= 0.3 is 0 Å². The Bertz CT molecular complexity index is 360. The molecule has 1 unspecified atom stereocenters. The van der Waals surface area contributed by atoms with Crippen molar-refractivity contribution in [3.63, 3.8) is 0 Å². The van der Waals surface area contributed by atoms with Gasteiger partial charge in [0.25, 0.3) is 0 Å². The summed E-state index contributed by atoms with van der Waals surface area (Å²) in [5.74, 6) is 0.773. The Kier molecular flexibility index (Phi) is 4.48. The molecule has 17 heavy (non-hydrogen) atoms. The van der Waals surface area contributed by atoms with Crippen molar-refractivity contribution in [2.75, 3.05) is 6.54 Å². The average Bonchev–Trinajstić information content (AvgIpc) is 2.99. The number of thioether (sulfide) groups is 1. The molecule has 1 aromatic rings. The number of amidine groups is 1. The number of hydrogen-bond acceptors (Lipinski definition) is 5. The second-order valence-corrected chi connectivity index (χ2v) is 5.45. The van der Waals surface area contributed by atoms with Gasteiger partial charge in [-0.05, 0) is 5.92 Å². The zero-order chi connectivity index (χ0) is 12.1. The molecular formula is C12H19N3OS. The Morgan fingerprint density at radius 2 is 2.35 bits per heavy atom. The number of nitrogens with zero attached hydrogens (tertiary/aromatic N) is 2. The van der Waals surface area contributed by atoms with E-state index in [2.05, 4.69) is 29.3 Å². The van der Waals surface area contributed by atoms with Gasteiger partial charge in [0.05, 0.1) is 13.1 Å². The highest BCUT2D eigenvalue weighted by Crippen LogP contribution is 2.30. The number of rotatable bonds is 5. The standard InChI is InChI=1S/C12H19N3OS/c1-3-9(4-2)11-8-14-12(17-11)13-7-10-5-6-16-15-10/h5-6,9,11H,3-4,7-8H2,1-2H3,(H,13,14). The van der Waals surface area contributed by atoms with Gasteiger partial charge in [-0.25, -0.2) is 0 Å². The predicted octanol–water partition coefficient (Wildman–Crippen LogP) is 2.67. The van der Waals surface area contributed by atoms with Crippen LogP contribution < -0.4 is 5.32 Å². The first-order valence-electron chi connectivity index (χ1n) is 6.17. The summed E-state index contributed by atoms with van der Waals surface area (Å²) in [4.78, 5) is 4.54. The first-order valence-corrected chi connectivity index (χ1v) is 7.05. The molecule has 0 bridgehead atoms. The maximum Gasteiger partial charge on any atom is 0.157 e. The number of aliphatic imine (C=N–C) groups is 1. The van der Waals surface area contributed by atoms with Crippen LogP contribution in [0, 0.1) is 5.92 Å². The predicted molar refractivity (Wildman–Crippen MR) is 71.1 cm³/mol. The van der Waals surface area contributed by atoms with Crippen molar-refractivity contribution in [3.05, 3.63) is 18.0 Å². The molecule has 0 amide bonds. The van der Waals surface area contributed by atoms with Gasteiger partial charge in [0.1, 0.15) is 12.0 Å². The molecule has 0 spiro atoms. The van der Waals surface area contributed by atoms with E-state index < -0.39 is 0 Å². The summed E-state index contributed by atoms with van der Waals surface area (Å²) in [6.45, 7) is 6.15. The van der Waals surface area contributed by atoms with Crippen LogP contribution in [0.4, 0.5) is 0 Å². The molecule has 1 aliphatic heterocycles. The molecule has 0 saturated heterocycles. The van der Waals surface area contributed by atoms with Gasteiger partial charge in [0.2, 0.25) is 0 Å². The van der Waals surface area contributed by atoms with Crippen LogP contribution in [0.1, 0.15) is 32.4 Å². The summed E-state index contributed by atoms with van der Waals surface area (Å²) in [7, 11) is 0. The van der Waals surface area contributed by atoms with Crippen molar-refractivity contribution in [2.24, 2.45) is 10.9 Å². The minimum Gasteiger partial charge on any atom is -0.364 e. The molecule has 1 N–H and O–H groups in total. The van der Waals surface area contributed by atoms with E-state index in [-0.39, 0.29) is 0 Å². The quantitative estimate of drug-likeness (QED) is 0.876. The molecule has 0 aromatic carbocycles. The Labute approximate surface area is 106 Å². The Hall–Kier alpha value is -0.970. The van der Waals surface area contributed by atoms with E-state index in [1.165, 1.54) is 12.8 Å². The van der Waals surface area contributed by atoms with Gasteiger partial charge in [-0.15, -0.1) is 0 Å². The fraction of sp³-hybridized carbons (Fsp3) is 0.667. The summed E-state index contributed by atoms with van der Waals surface area (Å²) in [6, 6.07) is 1.87. The minimum absolute atomic E-state index is 0.643. The van der Waals surface area contributed by atoms with Crippen LogP contribution in [0.3, 0.4) is 0 Å². The lowest BCUT2D eigenvalue weighted by Crippen LogP contribution is -2.21. The lowest BCUT2D eigenvalue weighted by Gasteiger charge is -2.18. The van der Waals surface area contributed by atoms with E-state index >= 15 is 0 Å². The maximum absolute atomic E-state index is 4.79. The van der Waals surface area contributed by atoms with Crippen LogP contribution in [0.2, 0.25) is 0 Å². The lowest BCUT2D eigenvalue weighted by atomic mass is 9.99. The minimum atomic E-state index is 0.643. The normalized spacial score (nSPS) is 19.7. The SMILES string of the molecule is CCC(CC)C1CN=C(NCc2ccon2)S1. The Morgan fingerprint density at radius 3 is 3.00 bits per heavy atom. The summed E-state index contributed by atoms with van der Waals surface area (Å²) in [6.07, 6.45) is 4.06. The summed E-state index contributed by atoms with van der Waals surface area (Å²) >= 11 is 1.87. The average molecular weight is 253 g/mol. The molecule has 1 atom stereocenters. The third kappa shape index (κ3) is 3.25. The summed E-state index contributed by atoms with van der Waals surface area (Å²) in [5.41, 5.74) is 0.916. The largest absolute Gasteiger partial charge is 0.364 e. The maximum atomic E-state index is 4.79. The molecule has 1 aromatic heterocycles. The monoisotopic (exact) mass is 253 g/mol. The number of aromatic nitrogens is 1. The second-order valence-electron chi connectivity index (χ2n) is 4.22. The summed E-state index contributed by atoms with van der Waals surface area (Å²) in [5, 5.41) is 8.86. The van der Waals surface area contributed by atoms with Crippen LogP contribution in [-0.2, 0) is 6.54 Å². The molecule has 4 nitrogen and oxygen atoms in total. The van der Waals surface area contributed by atoms with Gasteiger partial charge in [-0.3, -0.25) is 4.99 Å². The zero-order valence-electron chi connectivity index (χ0n) is 10.3. The van der Waals surface area contributed by atoms with Gasteiger partial charge in [-0.2, -0.15) is 0 Å². The van der Waals surface area contributed by atoms with Gasteiger partial charge < -0.3 is 9.84 Å². The highest BCUT2D eigenvalue weighted by Gasteiger charge is 2.25. The van der Waals surface area contributed by atoms with Crippen molar-refractivity contribution >= 4 is 16.9 Å². The fourth-order valence-electron chi connectivity index (χ4n) is 2.04. The summed E-state index contributed by atoms with van der Waals surface area (Å²) < 4.78 is 4.79. The van der Waals surface area contributed by atoms with E-state index in [0.29, 0.717) is 11.8 Å². The van der Waals surface area contributed by atoms with Crippen LogP contribution in [0.5, 0.6) is 0 Å². The van der Waals surface area contributed by atoms with Crippen LogP contribution in [0.25, 0.3) is 0 Å². The van der Waals surface area contributed by atoms with E-state index in [1.54, 1.807) is 6.26 Å².